The molecule has 1 aromatic rings. The van der Waals surface area contributed by atoms with Gasteiger partial charge in [0.15, 0.2) is 5.96 Å². The molecule has 9 heteroatoms. The molecular formula is C14H23F3N6. The summed E-state index contributed by atoms with van der Waals surface area (Å²) >= 11 is 0. The summed E-state index contributed by atoms with van der Waals surface area (Å²) in [5.74, 6) is 0.629. The zero-order valence-corrected chi connectivity index (χ0v) is 13.2. The van der Waals surface area contributed by atoms with E-state index in [4.69, 9.17) is 0 Å². The number of halogens is 3. The molecule has 2 heterocycles. The fourth-order valence-electron chi connectivity index (χ4n) is 2.62. The summed E-state index contributed by atoms with van der Waals surface area (Å²) in [6, 6.07) is 1.87. The van der Waals surface area contributed by atoms with Crippen molar-refractivity contribution >= 4 is 5.96 Å². The largest absolute Gasteiger partial charge is 0.401 e. The zero-order chi connectivity index (χ0) is 16.7. The molecule has 0 amide bonds. The molecule has 1 aliphatic heterocycles. The predicted molar refractivity (Wildman–Crippen MR) is 82.2 cm³/mol. The number of aryl methyl sites for hydroxylation is 1. The molecule has 0 saturated carbocycles. The first-order valence-electron chi connectivity index (χ1n) is 7.70. The second kappa shape index (κ2) is 8.19. The number of guanidine groups is 1. The molecule has 1 aromatic heterocycles. The highest BCUT2D eigenvalue weighted by Crippen LogP contribution is 2.19. The average molecular weight is 332 g/mol. The fourth-order valence-corrected chi connectivity index (χ4v) is 2.62. The standard InChI is InChI=1S/C14H23F3N6/c1-18-13(19-5-2-7-23-8-3-6-20-23)21-12-4-9-22(10-12)11-14(15,16)17/h3,6,8,12H,2,4-5,7,9-11H2,1H3,(H2,18,19,21). The van der Waals surface area contributed by atoms with Crippen LogP contribution in [0.2, 0.25) is 0 Å². The summed E-state index contributed by atoms with van der Waals surface area (Å²) in [5, 5.41) is 10.5. The van der Waals surface area contributed by atoms with Crippen molar-refractivity contribution in [1.29, 1.82) is 0 Å². The van der Waals surface area contributed by atoms with Crippen molar-refractivity contribution in [3.05, 3.63) is 18.5 Å². The van der Waals surface area contributed by atoms with Crippen LogP contribution in [0, 0.1) is 0 Å². The van der Waals surface area contributed by atoms with Gasteiger partial charge in [0.1, 0.15) is 0 Å². The molecule has 2 rings (SSSR count). The molecule has 0 bridgehead atoms. The highest BCUT2D eigenvalue weighted by atomic mass is 19.4. The maximum Gasteiger partial charge on any atom is 0.401 e. The van der Waals surface area contributed by atoms with Gasteiger partial charge in [0.2, 0.25) is 0 Å². The topological polar surface area (TPSA) is 57.5 Å². The van der Waals surface area contributed by atoms with Crippen molar-refractivity contribution in [3.63, 3.8) is 0 Å². The number of alkyl halides is 3. The number of aromatic nitrogens is 2. The van der Waals surface area contributed by atoms with E-state index in [9.17, 15) is 13.2 Å². The smallest absolute Gasteiger partial charge is 0.356 e. The van der Waals surface area contributed by atoms with Crippen molar-refractivity contribution in [2.24, 2.45) is 4.99 Å². The molecule has 2 N–H and O–H groups in total. The predicted octanol–water partition coefficient (Wildman–Crippen LogP) is 1.07. The van der Waals surface area contributed by atoms with Crippen LogP contribution >= 0.6 is 0 Å². The number of hydrogen-bond donors (Lipinski definition) is 2. The van der Waals surface area contributed by atoms with E-state index in [-0.39, 0.29) is 6.04 Å². The SMILES string of the molecule is CN=C(NCCCn1cccn1)NC1CCN(CC(F)(F)F)C1. The number of nitrogens with zero attached hydrogens (tertiary/aromatic N) is 4. The normalized spacial score (nSPS) is 20.0. The average Bonchev–Trinajstić information content (AvgIpc) is 3.12. The van der Waals surface area contributed by atoms with E-state index in [0.29, 0.717) is 25.5 Å². The van der Waals surface area contributed by atoms with Crippen LogP contribution in [0.5, 0.6) is 0 Å². The molecule has 1 fully saturated rings. The van der Waals surface area contributed by atoms with Crippen molar-refractivity contribution in [3.8, 4) is 0 Å². The third-order valence-electron chi connectivity index (χ3n) is 3.66. The van der Waals surface area contributed by atoms with E-state index in [1.54, 1.807) is 13.2 Å². The molecule has 1 aliphatic rings. The van der Waals surface area contributed by atoms with E-state index in [0.717, 1.165) is 19.5 Å². The molecule has 0 spiro atoms. The molecule has 0 radical (unpaired) electrons. The lowest BCUT2D eigenvalue weighted by Gasteiger charge is -2.19. The lowest BCUT2D eigenvalue weighted by atomic mass is 10.3. The van der Waals surface area contributed by atoms with Crippen LogP contribution in [0.3, 0.4) is 0 Å². The van der Waals surface area contributed by atoms with Crippen molar-refractivity contribution in [2.75, 3.05) is 33.2 Å². The Morgan fingerprint density at radius 3 is 2.91 bits per heavy atom. The minimum atomic E-state index is -4.14. The quantitative estimate of drug-likeness (QED) is 0.465. The van der Waals surface area contributed by atoms with Crippen LogP contribution in [-0.2, 0) is 6.54 Å². The zero-order valence-electron chi connectivity index (χ0n) is 13.2. The Bertz CT molecular complexity index is 485. The Morgan fingerprint density at radius 2 is 2.26 bits per heavy atom. The van der Waals surface area contributed by atoms with Gasteiger partial charge in [0.25, 0.3) is 0 Å². The molecule has 6 nitrogen and oxygen atoms in total. The number of aliphatic imine (C=N–C) groups is 1. The molecule has 23 heavy (non-hydrogen) atoms. The Hall–Kier alpha value is -1.77. The summed E-state index contributed by atoms with van der Waals surface area (Å²) in [5.41, 5.74) is 0. The summed E-state index contributed by atoms with van der Waals surface area (Å²) in [7, 11) is 1.66. The summed E-state index contributed by atoms with van der Waals surface area (Å²) in [6.45, 7) is 1.51. The van der Waals surface area contributed by atoms with E-state index in [1.807, 2.05) is 16.9 Å². The number of likely N-dealkylation sites (tertiary alicyclic amines) is 1. The number of hydrogen-bond acceptors (Lipinski definition) is 3. The monoisotopic (exact) mass is 332 g/mol. The summed E-state index contributed by atoms with van der Waals surface area (Å²) in [4.78, 5) is 5.54. The number of rotatable bonds is 6. The lowest BCUT2D eigenvalue weighted by molar-refractivity contribution is -0.143. The number of nitrogens with one attached hydrogen (secondary N) is 2. The van der Waals surface area contributed by atoms with Crippen LogP contribution in [0.4, 0.5) is 13.2 Å². The fraction of sp³-hybridized carbons (Fsp3) is 0.714. The maximum absolute atomic E-state index is 12.4. The van der Waals surface area contributed by atoms with Crippen LogP contribution in [0.25, 0.3) is 0 Å². The minimum Gasteiger partial charge on any atom is -0.356 e. The first-order valence-corrected chi connectivity index (χ1v) is 7.70. The molecule has 130 valence electrons. The van der Waals surface area contributed by atoms with E-state index >= 15 is 0 Å². The lowest BCUT2D eigenvalue weighted by Crippen LogP contribution is -2.45. The minimum absolute atomic E-state index is 0.00494. The summed E-state index contributed by atoms with van der Waals surface area (Å²) in [6.07, 6.45) is 1.07. The second-order valence-electron chi connectivity index (χ2n) is 5.60. The van der Waals surface area contributed by atoms with Gasteiger partial charge in [-0.25, -0.2) is 0 Å². The molecule has 0 aliphatic carbocycles. The van der Waals surface area contributed by atoms with E-state index < -0.39 is 12.7 Å². The van der Waals surface area contributed by atoms with Crippen LogP contribution in [0.15, 0.2) is 23.5 Å². The highest BCUT2D eigenvalue weighted by molar-refractivity contribution is 5.79. The third-order valence-corrected chi connectivity index (χ3v) is 3.66. The molecule has 1 saturated heterocycles. The van der Waals surface area contributed by atoms with Crippen molar-refractivity contribution in [2.45, 2.75) is 31.6 Å². The van der Waals surface area contributed by atoms with E-state index in [1.165, 1.54) is 4.90 Å². The van der Waals surface area contributed by atoms with Gasteiger partial charge in [-0.05, 0) is 18.9 Å². The van der Waals surface area contributed by atoms with Gasteiger partial charge in [-0.3, -0.25) is 14.6 Å². The van der Waals surface area contributed by atoms with Gasteiger partial charge in [0, 0.05) is 51.7 Å². The Balaban J connectivity index is 1.65. The maximum atomic E-state index is 12.4. The van der Waals surface area contributed by atoms with Gasteiger partial charge in [0.05, 0.1) is 6.54 Å². The van der Waals surface area contributed by atoms with Crippen molar-refractivity contribution in [1.82, 2.24) is 25.3 Å². The molecule has 0 aromatic carbocycles. The van der Waals surface area contributed by atoms with Crippen LogP contribution in [0.1, 0.15) is 12.8 Å². The molecular weight excluding hydrogens is 309 g/mol. The first-order chi connectivity index (χ1) is 11.0. The van der Waals surface area contributed by atoms with Crippen molar-refractivity contribution < 1.29 is 13.2 Å². The Kier molecular flexibility index (Phi) is 6.26. The molecule has 1 unspecified atom stereocenters. The van der Waals surface area contributed by atoms with E-state index in [2.05, 4.69) is 20.7 Å². The second-order valence-corrected chi connectivity index (χ2v) is 5.60. The van der Waals surface area contributed by atoms with Gasteiger partial charge in [-0.15, -0.1) is 0 Å². The highest BCUT2D eigenvalue weighted by Gasteiger charge is 2.34. The van der Waals surface area contributed by atoms with Crippen LogP contribution in [-0.4, -0.2) is 66.1 Å². The first kappa shape index (κ1) is 17.6. The molecule has 1 atom stereocenters. The third kappa shape index (κ3) is 6.47. The van der Waals surface area contributed by atoms with Gasteiger partial charge < -0.3 is 10.6 Å². The van der Waals surface area contributed by atoms with Gasteiger partial charge in [-0.1, -0.05) is 0 Å². The Labute approximate surface area is 133 Å². The van der Waals surface area contributed by atoms with Gasteiger partial charge >= 0.3 is 6.18 Å². The van der Waals surface area contributed by atoms with Crippen LogP contribution < -0.4 is 10.6 Å². The van der Waals surface area contributed by atoms with Gasteiger partial charge in [-0.2, -0.15) is 18.3 Å². The summed E-state index contributed by atoms with van der Waals surface area (Å²) < 4.78 is 39.0. The Morgan fingerprint density at radius 1 is 1.43 bits per heavy atom.